The number of carbonyl (C=O) groups excluding carboxylic acids is 1. The van der Waals surface area contributed by atoms with Crippen molar-refractivity contribution >= 4 is 27.5 Å². The van der Waals surface area contributed by atoms with Crippen LogP contribution in [0.5, 0.6) is 11.5 Å². The van der Waals surface area contributed by atoms with Crippen molar-refractivity contribution in [3.8, 4) is 23.0 Å². The minimum Gasteiger partial charge on any atom is -0.486 e. The van der Waals surface area contributed by atoms with Gasteiger partial charge in [0.15, 0.2) is 11.5 Å². The number of oxazole rings is 1. The zero-order valence-corrected chi connectivity index (χ0v) is 16.2. The summed E-state index contributed by atoms with van der Waals surface area (Å²) in [6, 6.07) is 13.1. The van der Waals surface area contributed by atoms with E-state index in [-0.39, 0.29) is 12.3 Å². The van der Waals surface area contributed by atoms with Crippen LogP contribution in [0.1, 0.15) is 11.5 Å². The van der Waals surface area contributed by atoms with Gasteiger partial charge in [0, 0.05) is 22.2 Å². The number of nitrogens with zero attached hydrogens (tertiary/aromatic N) is 1. The van der Waals surface area contributed by atoms with E-state index in [1.807, 2.05) is 37.3 Å². The highest BCUT2D eigenvalue weighted by Crippen LogP contribution is 2.38. The first-order valence-electron chi connectivity index (χ1n) is 8.51. The molecule has 2 aromatic carbocycles. The highest BCUT2D eigenvalue weighted by molar-refractivity contribution is 9.10. The molecule has 1 N–H and O–H groups in total. The van der Waals surface area contributed by atoms with Crippen molar-refractivity contribution in [3.05, 3.63) is 58.4 Å². The molecule has 0 bridgehead atoms. The fourth-order valence-corrected chi connectivity index (χ4v) is 3.22. The van der Waals surface area contributed by atoms with Crippen LogP contribution in [-0.4, -0.2) is 24.1 Å². The second kappa shape index (κ2) is 7.44. The van der Waals surface area contributed by atoms with Crippen molar-refractivity contribution in [2.24, 2.45) is 0 Å². The Morgan fingerprint density at radius 3 is 2.59 bits per heavy atom. The van der Waals surface area contributed by atoms with Gasteiger partial charge in [0.25, 0.3) is 0 Å². The summed E-state index contributed by atoms with van der Waals surface area (Å²) in [6.07, 6.45) is 0.114. The fraction of sp³-hybridized carbons (Fsp3) is 0.200. The van der Waals surface area contributed by atoms with E-state index in [1.54, 1.807) is 12.1 Å². The van der Waals surface area contributed by atoms with Crippen LogP contribution in [0.4, 0.5) is 5.69 Å². The molecule has 0 spiro atoms. The summed E-state index contributed by atoms with van der Waals surface area (Å²) in [6.45, 7) is 2.81. The van der Waals surface area contributed by atoms with Crippen LogP contribution in [0.3, 0.4) is 0 Å². The first-order chi connectivity index (χ1) is 13.1. The highest BCUT2D eigenvalue weighted by Gasteiger charge is 2.18. The van der Waals surface area contributed by atoms with E-state index in [4.69, 9.17) is 13.9 Å². The molecule has 0 aliphatic carbocycles. The van der Waals surface area contributed by atoms with E-state index in [2.05, 4.69) is 26.2 Å². The lowest BCUT2D eigenvalue weighted by Crippen LogP contribution is -2.18. The van der Waals surface area contributed by atoms with E-state index in [0.29, 0.717) is 47.7 Å². The lowest BCUT2D eigenvalue weighted by Gasteiger charge is -2.20. The maximum Gasteiger partial charge on any atom is 0.230 e. The molecule has 7 heteroatoms. The second-order valence-corrected chi connectivity index (χ2v) is 6.94. The summed E-state index contributed by atoms with van der Waals surface area (Å²) in [5.74, 6) is 2.22. The topological polar surface area (TPSA) is 73.6 Å². The van der Waals surface area contributed by atoms with E-state index >= 15 is 0 Å². The third-order valence-electron chi connectivity index (χ3n) is 4.15. The van der Waals surface area contributed by atoms with Crippen molar-refractivity contribution < 1.29 is 18.7 Å². The van der Waals surface area contributed by atoms with Gasteiger partial charge in [0.2, 0.25) is 11.8 Å². The molecule has 27 heavy (non-hydrogen) atoms. The van der Waals surface area contributed by atoms with Crippen molar-refractivity contribution in [1.82, 2.24) is 4.98 Å². The highest BCUT2D eigenvalue weighted by atomic mass is 79.9. The lowest BCUT2D eigenvalue weighted by molar-refractivity contribution is -0.115. The van der Waals surface area contributed by atoms with Crippen molar-refractivity contribution in [1.29, 1.82) is 0 Å². The monoisotopic (exact) mass is 428 g/mol. The number of ether oxygens (including phenoxy) is 2. The number of anilines is 1. The number of halogens is 1. The number of hydrogen-bond donors (Lipinski definition) is 1. The van der Waals surface area contributed by atoms with Crippen LogP contribution in [0.25, 0.3) is 11.5 Å². The van der Waals surface area contributed by atoms with Crippen molar-refractivity contribution in [2.75, 3.05) is 18.5 Å². The zero-order valence-electron chi connectivity index (χ0n) is 14.6. The molecule has 0 radical (unpaired) electrons. The predicted molar refractivity (Wildman–Crippen MR) is 104 cm³/mol. The Bertz CT molecular complexity index is 985. The van der Waals surface area contributed by atoms with Gasteiger partial charge in [-0.05, 0) is 35.0 Å². The zero-order chi connectivity index (χ0) is 18.8. The van der Waals surface area contributed by atoms with E-state index < -0.39 is 0 Å². The predicted octanol–water partition coefficient (Wildman–Crippen LogP) is 4.36. The number of nitrogens with one attached hydrogen (secondary N) is 1. The third-order valence-corrected chi connectivity index (χ3v) is 4.80. The van der Waals surface area contributed by atoms with Gasteiger partial charge in [0.1, 0.15) is 19.0 Å². The summed E-state index contributed by atoms with van der Waals surface area (Å²) in [5.41, 5.74) is 2.11. The quantitative estimate of drug-likeness (QED) is 0.667. The second-order valence-electron chi connectivity index (χ2n) is 6.09. The standard InChI is InChI=1S/C20H17BrN2O4/c1-12-15(23-20(27-12)13-5-3-2-4-6-13)11-19(24)22-16-10-18-17(9-14(16)21)25-7-8-26-18/h2-6,9-10H,7-8,11H2,1H3,(H,22,24). The van der Waals surface area contributed by atoms with E-state index in [9.17, 15) is 4.79 Å². The van der Waals surface area contributed by atoms with Crippen LogP contribution < -0.4 is 14.8 Å². The van der Waals surface area contributed by atoms with Crippen LogP contribution in [0.2, 0.25) is 0 Å². The van der Waals surface area contributed by atoms with Gasteiger partial charge in [-0.25, -0.2) is 4.98 Å². The summed E-state index contributed by atoms with van der Waals surface area (Å²) in [5, 5.41) is 2.88. The molecule has 0 fully saturated rings. The first-order valence-corrected chi connectivity index (χ1v) is 9.30. The molecule has 4 rings (SSSR count). The minimum absolute atomic E-state index is 0.114. The first kappa shape index (κ1) is 17.6. The molecule has 1 aliphatic rings. The van der Waals surface area contributed by atoms with Gasteiger partial charge in [-0.2, -0.15) is 0 Å². The Morgan fingerprint density at radius 1 is 1.15 bits per heavy atom. The van der Waals surface area contributed by atoms with Gasteiger partial charge in [-0.3, -0.25) is 4.79 Å². The molecular formula is C20H17BrN2O4. The smallest absolute Gasteiger partial charge is 0.230 e. The Morgan fingerprint density at radius 2 is 1.85 bits per heavy atom. The van der Waals surface area contributed by atoms with E-state index in [1.165, 1.54) is 0 Å². The van der Waals surface area contributed by atoms with Gasteiger partial charge in [-0.15, -0.1) is 0 Å². The number of aromatic nitrogens is 1. The molecule has 1 amide bonds. The van der Waals surface area contributed by atoms with Gasteiger partial charge in [-0.1, -0.05) is 18.2 Å². The minimum atomic E-state index is -0.191. The number of fused-ring (bicyclic) bond motifs is 1. The molecule has 0 saturated heterocycles. The van der Waals surface area contributed by atoms with Crippen molar-refractivity contribution in [2.45, 2.75) is 13.3 Å². The third kappa shape index (κ3) is 3.83. The number of rotatable bonds is 4. The van der Waals surface area contributed by atoms with E-state index in [0.717, 1.165) is 10.0 Å². The van der Waals surface area contributed by atoms with Gasteiger partial charge in [0.05, 0.1) is 17.8 Å². The Balaban J connectivity index is 1.50. The molecule has 1 aliphatic heterocycles. The van der Waals surface area contributed by atoms with Gasteiger partial charge >= 0.3 is 0 Å². The molecule has 1 aromatic heterocycles. The number of carbonyl (C=O) groups is 1. The van der Waals surface area contributed by atoms with Crippen molar-refractivity contribution in [3.63, 3.8) is 0 Å². The Labute approximate surface area is 164 Å². The molecule has 6 nitrogen and oxygen atoms in total. The average molecular weight is 429 g/mol. The summed E-state index contributed by atoms with van der Waals surface area (Å²) < 4.78 is 17.5. The number of amides is 1. The van der Waals surface area contributed by atoms with Crippen LogP contribution in [0, 0.1) is 6.92 Å². The number of hydrogen-bond acceptors (Lipinski definition) is 5. The van der Waals surface area contributed by atoms with Crippen LogP contribution in [0.15, 0.2) is 51.4 Å². The van der Waals surface area contributed by atoms with Gasteiger partial charge < -0.3 is 19.2 Å². The molecule has 3 aromatic rings. The lowest BCUT2D eigenvalue weighted by atomic mass is 10.2. The molecule has 0 unspecified atom stereocenters. The maximum absolute atomic E-state index is 12.5. The Hall–Kier alpha value is -2.80. The molecule has 2 heterocycles. The summed E-state index contributed by atoms with van der Waals surface area (Å²) in [4.78, 5) is 17.0. The fourth-order valence-electron chi connectivity index (χ4n) is 2.80. The van der Waals surface area contributed by atoms with Crippen LogP contribution in [-0.2, 0) is 11.2 Å². The average Bonchev–Trinajstić information content (AvgIpc) is 3.03. The van der Waals surface area contributed by atoms with Crippen LogP contribution >= 0.6 is 15.9 Å². The number of benzene rings is 2. The molecule has 0 atom stereocenters. The maximum atomic E-state index is 12.5. The largest absolute Gasteiger partial charge is 0.486 e. The molecular weight excluding hydrogens is 412 g/mol. The summed E-state index contributed by atoms with van der Waals surface area (Å²) >= 11 is 3.45. The SMILES string of the molecule is Cc1oc(-c2ccccc2)nc1CC(=O)Nc1cc2c(cc1Br)OCCO2. The molecule has 138 valence electrons. The Kier molecular flexibility index (Phi) is 4.85. The normalized spacial score (nSPS) is 12.7. The summed E-state index contributed by atoms with van der Waals surface area (Å²) in [7, 11) is 0. The number of aryl methyl sites for hydroxylation is 1. The molecule has 0 saturated carbocycles.